The highest BCUT2D eigenvalue weighted by molar-refractivity contribution is 5.87. The van der Waals surface area contributed by atoms with Crippen molar-refractivity contribution in [3.63, 3.8) is 0 Å². The fraction of sp³-hybridized carbons (Fsp3) is 0.400. The van der Waals surface area contributed by atoms with Crippen LogP contribution in [-0.4, -0.2) is 35.6 Å². The Balaban J connectivity index is 1.40. The maximum atomic E-state index is 11.4. The van der Waals surface area contributed by atoms with Gasteiger partial charge in [-0.1, -0.05) is 48.0 Å². The summed E-state index contributed by atoms with van der Waals surface area (Å²) in [6, 6.07) is 17.0. The molecule has 4 heteroatoms. The van der Waals surface area contributed by atoms with Crippen molar-refractivity contribution < 1.29 is 14.6 Å². The average molecular weight is 389 g/mol. The highest BCUT2D eigenvalue weighted by Gasteiger charge is 2.49. The molecule has 0 amide bonds. The summed E-state index contributed by atoms with van der Waals surface area (Å²) in [6.07, 6.45) is 4.53. The third-order valence-corrected chi connectivity index (χ3v) is 6.85. The Morgan fingerprint density at radius 1 is 1.00 bits per heavy atom. The van der Waals surface area contributed by atoms with E-state index >= 15 is 0 Å². The number of carboxylic acid groups (broad SMARTS) is 1. The predicted molar refractivity (Wildman–Crippen MR) is 113 cm³/mol. The molecule has 5 rings (SSSR count). The van der Waals surface area contributed by atoms with Crippen LogP contribution in [0.15, 0.2) is 54.1 Å². The van der Waals surface area contributed by atoms with E-state index in [9.17, 15) is 9.90 Å². The fourth-order valence-corrected chi connectivity index (χ4v) is 4.76. The lowest BCUT2D eigenvalue weighted by molar-refractivity contribution is -0.143. The Kier molecular flexibility index (Phi) is 4.67. The minimum Gasteiger partial charge on any atom is -0.488 e. The van der Waals surface area contributed by atoms with Crippen LogP contribution in [0.3, 0.4) is 0 Å². The van der Waals surface area contributed by atoms with Crippen LogP contribution in [0.1, 0.15) is 48.8 Å². The number of likely N-dealkylation sites (tertiary alicyclic amines) is 1. The van der Waals surface area contributed by atoms with Crippen molar-refractivity contribution in [3.8, 4) is 5.75 Å². The van der Waals surface area contributed by atoms with Gasteiger partial charge in [0.05, 0.1) is 5.41 Å². The number of piperidine rings is 1. The second-order valence-corrected chi connectivity index (χ2v) is 8.60. The number of hydrogen-bond acceptors (Lipinski definition) is 3. The first-order chi connectivity index (χ1) is 14.2. The van der Waals surface area contributed by atoms with E-state index < -0.39 is 11.4 Å². The van der Waals surface area contributed by atoms with Crippen molar-refractivity contribution in [1.29, 1.82) is 0 Å². The van der Waals surface area contributed by atoms with Crippen LogP contribution in [0, 0.1) is 5.41 Å². The lowest BCUT2D eigenvalue weighted by Gasteiger charge is -2.31. The van der Waals surface area contributed by atoms with Crippen LogP contribution < -0.4 is 4.74 Å². The van der Waals surface area contributed by atoms with Gasteiger partial charge in [-0.2, -0.15) is 0 Å². The molecule has 29 heavy (non-hydrogen) atoms. The first-order valence-corrected chi connectivity index (χ1v) is 10.6. The van der Waals surface area contributed by atoms with Crippen LogP contribution in [0.2, 0.25) is 0 Å². The minimum absolute atomic E-state index is 0.421. The predicted octanol–water partition coefficient (Wildman–Crippen LogP) is 4.73. The van der Waals surface area contributed by atoms with E-state index in [4.69, 9.17) is 4.74 Å². The molecule has 4 nitrogen and oxygen atoms in total. The molecule has 2 aromatic carbocycles. The molecular formula is C25H27NO3. The molecule has 1 saturated carbocycles. The zero-order chi connectivity index (χ0) is 19.8. The highest BCUT2D eigenvalue weighted by atomic mass is 16.5. The summed E-state index contributed by atoms with van der Waals surface area (Å²) < 4.78 is 6.12. The molecule has 1 saturated heterocycles. The molecule has 0 spiro atoms. The lowest BCUT2D eigenvalue weighted by atomic mass is 9.86. The van der Waals surface area contributed by atoms with Gasteiger partial charge in [-0.3, -0.25) is 4.79 Å². The molecule has 1 N–H and O–H groups in total. The van der Waals surface area contributed by atoms with Crippen molar-refractivity contribution in [2.75, 3.05) is 19.6 Å². The molecule has 2 heterocycles. The smallest absolute Gasteiger partial charge is 0.309 e. The summed E-state index contributed by atoms with van der Waals surface area (Å²) in [5, 5.41) is 9.42. The van der Waals surface area contributed by atoms with Crippen LogP contribution in [0.25, 0.3) is 5.57 Å². The number of aliphatic carboxylic acids is 1. The van der Waals surface area contributed by atoms with Gasteiger partial charge in [0.15, 0.2) is 0 Å². The van der Waals surface area contributed by atoms with E-state index in [0.717, 1.165) is 57.5 Å². The normalized spacial score (nSPS) is 20.3. The second-order valence-electron chi connectivity index (χ2n) is 8.60. The monoisotopic (exact) mass is 389 g/mol. The number of hydrogen-bond donors (Lipinski definition) is 1. The molecule has 2 aromatic rings. The van der Waals surface area contributed by atoms with Gasteiger partial charge in [0.25, 0.3) is 0 Å². The molecule has 1 aliphatic carbocycles. The van der Waals surface area contributed by atoms with Gasteiger partial charge in [-0.25, -0.2) is 0 Å². The van der Waals surface area contributed by atoms with Crippen molar-refractivity contribution in [2.24, 2.45) is 5.41 Å². The highest BCUT2D eigenvalue weighted by Crippen LogP contribution is 2.49. The number of para-hydroxylation sites is 1. The number of ether oxygens (including phenoxy) is 1. The molecule has 3 aliphatic rings. The van der Waals surface area contributed by atoms with E-state index in [-0.39, 0.29) is 0 Å². The van der Waals surface area contributed by atoms with E-state index in [1.807, 2.05) is 6.07 Å². The van der Waals surface area contributed by atoms with Crippen LogP contribution in [-0.2, 0) is 11.4 Å². The van der Waals surface area contributed by atoms with Gasteiger partial charge in [0.1, 0.15) is 12.4 Å². The molecule has 2 fully saturated rings. The third kappa shape index (κ3) is 3.46. The van der Waals surface area contributed by atoms with Crippen LogP contribution in [0.5, 0.6) is 5.75 Å². The van der Waals surface area contributed by atoms with E-state index in [0.29, 0.717) is 6.61 Å². The molecule has 0 aromatic heterocycles. The number of carbonyl (C=O) groups is 1. The van der Waals surface area contributed by atoms with E-state index in [1.165, 1.54) is 27.8 Å². The minimum atomic E-state index is -0.607. The first kappa shape index (κ1) is 18.4. The van der Waals surface area contributed by atoms with Crippen molar-refractivity contribution in [1.82, 2.24) is 4.90 Å². The Morgan fingerprint density at radius 2 is 1.69 bits per heavy atom. The summed E-state index contributed by atoms with van der Waals surface area (Å²) in [7, 11) is 0. The SMILES string of the molecule is O=C(O)C1(CCN2CCC(=C3c4ccccc4COc4ccccc43)CC2)CC1. The zero-order valence-corrected chi connectivity index (χ0v) is 16.7. The van der Waals surface area contributed by atoms with Crippen LogP contribution in [0.4, 0.5) is 0 Å². The van der Waals surface area contributed by atoms with E-state index in [1.54, 1.807) is 0 Å². The Hall–Kier alpha value is -2.59. The van der Waals surface area contributed by atoms with Crippen molar-refractivity contribution >= 4 is 11.5 Å². The number of nitrogens with zero attached hydrogens (tertiary/aromatic N) is 1. The number of benzene rings is 2. The number of rotatable bonds is 4. The summed E-state index contributed by atoms with van der Waals surface area (Å²) >= 11 is 0. The molecule has 150 valence electrons. The van der Waals surface area contributed by atoms with Crippen LogP contribution >= 0.6 is 0 Å². The summed E-state index contributed by atoms with van der Waals surface area (Å²) in [4.78, 5) is 13.9. The van der Waals surface area contributed by atoms with Gasteiger partial charge < -0.3 is 14.7 Å². The maximum absolute atomic E-state index is 11.4. The molecule has 0 unspecified atom stereocenters. The van der Waals surface area contributed by atoms with Gasteiger partial charge in [-0.15, -0.1) is 0 Å². The van der Waals surface area contributed by atoms with E-state index in [2.05, 4.69) is 47.4 Å². The van der Waals surface area contributed by atoms with Gasteiger partial charge in [-0.05, 0) is 61.4 Å². The standard InChI is InChI=1S/C25H27NO3/c27-24(28)25(11-12-25)13-16-26-14-9-18(10-15-26)23-20-6-2-1-5-19(20)17-29-22-8-4-3-7-21(22)23/h1-8H,9-17H2,(H,27,28). The quantitative estimate of drug-likeness (QED) is 0.821. The Labute approximate surface area is 171 Å². The second kappa shape index (κ2) is 7.34. The van der Waals surface area contributed by atoms with Gasteiger partial charge >= 0.3 is 5.97 Å². The number of carboxylic acids is 1. The molecule has 0 atom stereocenters. The largest absolute Gasteiger partial charge is 0.488 e. The Morgan fingerprint density at radius 3 is 2.41 bits per heavy atom. The average Bonchev–Trinajstić information content (AvgIpc) is 3.56. The summed E-state index contributed by atoms with van der Waals surface area (Å²) in [5.41, 5.74) is 6.15. The molecule has 0 bridgehead atoms. The topological polar surface area (TPSA) is 49.8 Å². The molecular weight excluding hydrogens is 362 g/mol. The van der Waals surface area contributed by atoms with Gasteiger partial charge in [0.2, 0.25) is 0 Å². The zero-order valence-electron chi connectivity index (χ0n) is 16.7. The fourth-order valence-electron chi connectivity index (χ4n) is 4.76. The molecule has 2 aliphatic heterocycles. The molecule has 0 radical (unpaired) electrons. The summed E-state index contributed by atoms with van der Waals surface area (Å²) in [5.74, 6) is 0.356. The first-order valence-electron chi connectivity index (χ1n) is 10.6. The summed E-state index contributed by atoms with van der Waals surface area (Å²) in [6.45, 7) is 3.50. The van der Waals surface area contributed by atoms with Crippen molar-refractivity contribution in [3.05, 3.63) is 70.8 Å². The third-order valence-electron chi connectivity index (χ3n) is 6.85. The maximum Gasteiger partial charge on any atom is 0.309 e. The van der Waals surface area contributed by atoms with Gasteiger partial charge in [0, 0.05) is 18.7 Å². The Bertz CT molecular complexity index is 914. The van der Waals surface area contributed by atoms with Crippen molar-refractivity contribution in [2.45, 2.75) is 38.7 Å². The number of fused-ring (bicyclic) bond motifs is 2. The lowest BCUT2D eigenvalue weighted by Crippen LogP contribution is -2.34.